The number of aromatic nitrogens is 1. The molecule has 2 unspecified atom stereocenters. The highest BCUT2D eigenvalue weighted by molar-refractivity contribution is 5.39. The van der Waals surface area contributed by atoms with Gasteiger partial charge < -0.3 is 20.9 Å². The molecule has 0 saturated heterocycles. The third kappa shape index (κ3) is 5.61. The van der Waals surface area contributed by atoms with Crippen LogP contribution in [0.3, 0.4) is 0 Å². The summed E-state index contributed by atoms with van der Waals surface area (Å²) in [5.74, 6) is 0.295. The van der Waals surface area contributed by atoms with Crippen molar-refractivity contribution in [1.82, 2.24) is 4.98 Å². The number of hydrogen-bond donors (Lipinski definition) is 2. The Bertz CT molecular complexity index is 955. The van der Waals surface area contributed by atoms with Gasteiger partial charge in [0.1, 0.15) is 18.1 Å². The molecule has 5 nitrogen and oxygen atoms in total. The molecule has 1 aliphatic rings. The van der Waals surface area contributed by atoms with E-state index in [9.17, 15) is 13.2 Å². The molecule has 1 aromatic heterocycles. The number of rotatable bonds is 6. The van der Waals surface area contributed by atoms with Gasteiger partial charge in [-0.2, -0.15) is 0 Å². The summed E-state index contributed by atoms with van der Waals surface area (Å²) in [7, 11) is 0. The fraction of sp³-hybridized carbons (Fsp3) is 0.318. The van der Waals surface area contributed by atoms with Gasteiger partial charge in [-0.1, -0.05) is 18.2 Å². The van der Waals surface area contributed by atoms with E-state index in [1.165, 1.54) is 12.1 Å². The van der Waals surface area contributed by atoms with E-state index in [-0.39, 0.29) is 12.4 Å². The van der Waals surface area contributed by atoms with Crippen LogP contribution >= 0.6 is 0 Å². The summed E-state index contributed by atoms with van der Waals surface area (Å²) < 4.78 is 47.1. The summed E-state index contributed by atoms with van der Waals surface area (Å²) in [4.78, 5) is 4.30. The maximum atomic E-state index is 12.4. The standard InChI is InChI=1S/C22H24F3N3O2/c1-14-3-5-17(28-12-14)13-29-19-7-8-20(26)21(27,11-19)10-16-4-6-18(9-15(16)2)30-22(23,24)25/h3-9,11-12,20H,10,13,26-27H2,1-2H3. The molecule has 3 rings (SSSR count). The first-order chi connectivity index (χ1) is 14.0. The van der Waals surface area contributed by atoms with Crippen molar-refractivity contribution in [2.45, 2.75) is 44.8 Å². The first-order valence-electron chi connectivity index (χ1n) is 9.39. The monoisotopic (exact) mass is 419 g/mol. The average Bonchev–Trinajstić information content (AvgIpc) is 2.65. The molecule has 0 radical (unpaired) electrons. The minimum absolute atomic E-state index is 0.271. The van der Waals surface area contributed by atoms with Gasteiger partial charge in [-0.15, -0.1) is 13.2 Å². The topological polar surface area (TPSA) is 83.4 Å². The van der Waals surface area contributed by atoms with Crippen molar-refractivity contribution in [2.24, 2.45) is 11.5 Å². The number of allylic oxidation sites excluding steroid dienone is 1. The number of benzene rings is 1. The molecule has 8 heteroatoms. The van der Waals surface area contributed by atoms with E-state index < -0.39 is 17.9 Å². The molecule has 0 spiro atoms. The maximum absolute atomic E-state index is 12.4. The number of hydrogen-bond acceptors (Lipinski definition) is 5. The summed E-state index contributed by atoms with van der Waals surface area (Å²) in [6.45, 7) is 3.94. The van der Waals surface area contributed by atoms with E-state index in [0.717, 1.165) is 16.8 Å². The Kier molecular flexibility index (Phi) is 6.19. The Labute approximate surface area is 173 Å². The first-order valence-corrected chi connectivity index (χ1v) is 9.39. The molecular formula is C22H24F3N3O2. The van der Waals surface area contributed by atoms with Crippen molar-refractivity contribution < 1.29 is 22.6 Å². The summed E-state index contributed by atoms with van der Waals surface area (Å²) >= 11 is 0. The van der Waals surface area contributed by atoms with E-state index in [2.05, 4.69) is 9.72 Å². The number of nitrogens with two attached hydrogens (primary N) is 2. The van der Waals surface area contributed by atoms with Crippen LogP contribution in [0.15, 0.2) is 60.5 Å². The van der Waals surface area contributed by atoms with Crippen molar-refractivity contribution in [3.8, 4) is 5.75 Å². The second-order valence-electron chi connectivity index (χ2n) is 7.47. The van der Waals surface area contributed by atoms with E-state index >= 15 is 0 Å². The third-order valence-corrected chi connectivity index (χ3v) is 4.90. The Morgan fingerprint density at radius 3 is 2.57 bits per heavy atom. The van der Waals surface area contributed by atoms with Crippen molar-refractivity contribution >= 4 is 0 Å². The summed E-state index contributed by atoms with van der Waals surface area (Å²) in [5.41, 5.74) is 15.1. The number of aryl methyl sites for hydroxylation is 2. The normalized spacial score (nSPS) is 21.3. The molecule has 30 heavy (non-hydrogen) atoms. The van der Waals surface area contributed by atoms with Gasteiger partial charge in [0.2, 0.25) is 0 Å². The van der Waals surface area contributed by atoms with Gasteiger partial charge in [-0.05, 0) is 67.3 Å². The third-order valence-electron chi connectivity index (χ3n) is 4.90. The highest BCUT2D eigenvalue weighted by Gasteiger charge is 2.34. The quantitative estimate of drug-likeness (QED) is 0.744. The number of pyridine rings is 1. The second kappa shape index (κ2) is 8.49. The first kappa shape index (κ1) is 21.9. The van der Waals surface area contributed by atoms with E-state index in [0.29, 0.717) is 17.7 Å². The van der Waals surface area contributed by atoms with Crippen LogP contribution in [0.4, 0.5) is 13.2 Å². The lowest BCUT2D eigenvalue weighted by molar-refractivity contribution is -0.274. The minimum Gasteiger partial charge on any atom is -0.488 e. The predicted molar refractivity (Wildman–Crippen MR) is 107 cm³/mol. The lowest BCUT2D eigenvalue weighted by Crippen LogP contribution is -2.55. The molecule has 2 aromatic rings. The molecule has 4 N–H and O–H groups in total. The molecule has 160 valence electrons. The Balaban J connectivity index is 1.73. The van der Waals surface area contributed by atoms with Crippen LogP contribution in [-0.2, 0) is 17.8 Å². The fourth-order valence-electron chi connectivity index (χ4n) is 3.18. The molecule has 0 amide bonds. The number of ether oxygens (including phenoxy) is 2. The van der Waals surface area contributed by atoms with Gasteiger partial charge in [0.15, 0.2) is 0 Å². The zero-order valence-electron chi connectivity index (χ0n) is 16.7. The van der Waals surface area contributed by atoms with Gasteiger partial charge >= 0.3 is 6.36 Å². The maximum Gasteiger partial charge on any atom is 0.573 e. The van der Waals surface area contributed by atoms with Crippen molar-refractivity contribution in [1.29, 1.82) is 0 Å². The van der Waals surface area contributed by atoms with Crippen LogP contribution in [0.1, 0.15) is 22.4 Å². The number of halogens is 3. The molecule has 0 bridgehead atoms. The number of nitrogens with zero attached hydrogens (tertiary/aromatic N) is 1. The summed E-state index contributed by atoms with van der Waals surface area (Å²) in [6, 6.07) is 7.54. The molecule has 1 aromatic carbocycles. The van der Waals surface area contributed by atoms with E-state index in [1.54, 1.807) is 37.4 Å². The molecule has 1 heterocycles. The molecule has 0 aliphatic heterocycles. The summed E-state index contributed by atoms with van der Waals surface area (Å²) in [6.07, 6.45) is 2.63. The van der Waals surface area contributed by atoms with Crippen LogP contribution in [0, 0.1) is 13.8 Å². The zero-order chi connectivity index (χ0) is 21.9. The largest absolute Gasteiger partial charge is 0.573 e. The van der Waals surface area contributed by atoms with Gasteiger partial charge in [0.05, 0.1) is 11.2 Å². The predicted octanol–water partition coefficient (Wildman–Crippen LogP) is 3.83. The summed E-state index contributed by atoms with van der Waals surface area (Å²) in [5, 5.41) is 0. The Hall–Kier alpha value is -2.84. The van der Waals surface area contributed by atoms with E-state index in [4.69, 9.17) is 16.2 Å². The van der Waals surface area contributed by atoms with Gasteiger partial charge in [-0.25, -0.2) is 0 Å². The lowest BCUT2D eigenvalue weighted by Gasteiger charge is -2.34. The number of alkyl halides is 3. The molecule has 1 aliphatic carbocycles. The van der Waals surface area contributed by atoms with Gasteiger partial charge in [0, 0.05) is 12.2 Å². The molecule has 2 atom stereocenters. The van der Waals surface area contributed by atoms with Crippen LogP contribution in [0.5, 0.6) is 5.75 Å². The minimum atomic E-state index is -4.74. The van der Waals surface area contributed by atoms with Crippen LogP contribution in [-0.4, -0.2) is 22.9 Å². The molecule has 0 saturated carbocycles. The fourth-order valence-corrected chi connectivity index (χ4v) is 3.18. The van der Waals surface area contributed by atoms with Gasteiger partial charge in [0.25, 0.3) is 0 Å². The smallest absolute Gasteiger partial charge is 0.488 e. The highest BCUT2D eigenvalue weighted by Crippen LogP contribution is 2.29. The molecular weight excluding hydrogens is 395 g/mol. The Morgan fingerprint density at radius 2 is 1.93 bits per heavy atom. The zero-order valence-corrected chi connectivity index (χ0v) is 16.7. The van der Waals surface area contributed by atoms with Gasteiger partial charge in [-0.3, -0.25) is 4.98 Å². The van der Waals surface area contributed by atoms with E-state index in [1.807, 2.05) is 19.1 Å². The Morgan fingerprint density at radius 1 is 1.17 bits per heavy atom. The highest BCUT2D eigenvalue weighted by atomic mass is 19.4. The molecule has 0 fully saturated rings. The van der Waals surface area contributed by atoms with Crippen molar-refractivity contribution in [2.75, 3.05) is 0 Å². The average molecular weight is 419 g/mol. The van der Waals surface area contributed by atoms with Crippen LogP contribution in [0.25, 0.3) is 0 Å². The van der Waals surface area contributed by atoms with Crippen molar-refractivity contribution in [3.63, 3.8) is 0 Å². The lowest BCUT2D eigenvalue weighted by atomic mass is 9.81. The second-order valence-corrected chi connectivity index (χ2v) is 7.47. The van der Waals surface area contributed by atoms with Crippen molar-refractivity contribution in [3.05, 3.63) is 82.9 Å². The van der Waals surface area contributed by atoms with Crippen LogP contribution in [0.2, 0.25) is 0 Å². The SMILES string of the molecule is Cc1ccc(COC2=CC(N)(Cc3ccc(OC(F)(F)F)cc3C)C(N)C=C2)nc1. The van der Waals surface area contributed by atoms with Crippen LogP contribution < -0.4 is 16.2 Å².